The molecule has 0 aromatic heterocycles. The van der Waals surface area contributed by atoms with Gasteiger partial charge in [0.15, 0.2) is 6.10 Å². The van der Waals surface area contributed by atoms with Crippen LogP contribution in [0.2, 0.25) is 0 Å². The van der Waals surface area contributed by atoms with Crippen LogP contribution in [0.3, 0.4) is 0 Å². The van der Waals surface area contributed by atoms with E-state index in [0.29, 0.717) is 23.9 Å². The van der Waals surface area contributed by atoms with Gasteiger partial charge in [0.2, 0.25) is 0 Å². The summed E-state index contributed by atoms with van der Waals surface area (Å²) in [5, 5.41) is 9.69. The first-order valence-corrected chi connectivity index (χ1v) is 28.6. The molecule has 0 saturated carbocycles. The molecule has 9 heteroatoms. The van der Waals surface area contributed by atoms with E-state index in [4.69, 9.17) is 18.9 Å². The highest BCUT2D eigenvalue weighted by Gasteiger charge is 2.25. The Morgan fingerprint density at radius 2 is 0.814 bits per heavy atom. The number of likely N-dealkylation sites (N-methyl/N-ethyl adjacent to an activating group) is 1. The van der Waals surface area contributed by atoms with Crippen LogP contribution in [0.1, 0.15) is 239 Å². The van der Waals surface area contributed by atoms with Crippen LogP contribution >= 0.6 is 0 Å². The van der Waals surface area contributed by atoms with Crippen molar-refractivity contribution in [2.24, 2.45) is 0 Å². The first-order valence-electron chi connectivity index (χ1n) is 28.6. The number of carboxylic acid groups (broad SMARTS) is 1. The molecule has 404 valence electrons. The van der Waals surface area contributed by atoms with E-state index >= 15 is 0 Å². The molecule has 2 unspecified atom stereocenters. The number of allylic oxidation sites excluding steroid dienone is 12. The third-order valence-electron chi connectivity index (χ3n) is 12.2. The fourth-order valence-electron chi connectivity index (χ4n) is 7.84. The van der Waals surface area contributed by atoms with Crippen molar-refractivity contribution in [3.8, 4) is 0 Å². The third kappa shape index (κ3) is 52.6. The van der Waals surface area contributed by atoms with Crippen molar-refractivity contribution < 1.29 is 42.9 Å². The Hall–Kier alpha value is -3.27. The van der Waals surface area contributed by atoms with Crippen LogP contribution < -0.4 is 0 Å². The second-order valence-corrected chi connectivity index (χ2v) is 20.2. The summed E-state index contributed by atoms with van der Waals surface area (Å²) in [4.78, 5) is 37.4. The highest BCUT2D eigenvalue weighted by Crippen LogP contribution is 2.17. The Labute approximate surface area is 430 Å². The van der Waals surface area contributed by atoms with Gasteiger partial charge in [-0.3, -0.25) is 9.59 Å². The van der Waals surface area contributed by atoms with Gasteiger partial charge < -0.3 is 28.5 Å². The standard InChI is InChI=1S/C61H107NO8/c1-6-8-10-12-14-16-18-20-22-24-26-28-29-30-32-33-35-37-39-41-43-45-47-49-51-58(63)68-55-57(56-69-61(60(65)66)67-54-53-62(3,4)5)70-59(64)52-50-48-46-44-42-40-38-36-34-31-27-25-23-21-19-17-15-13-11-9-7-2/h9,11,15,17,21,23,27,31,36,38,42,44,57,61H,6-8,10,12-14,16,18-20,22,24-26,28-30,32-35,37,39-41,43,45-56H2,1-5H3/p+1/b11-9-,17-15-,23-21-,31-27-,38-36-,44-42-. The molecule has 0 rings (SSSR count). The number of aliphatic carboxylic acids is 1. The summed E-state index contributed by atoms with van der Waals surface area (Å²) in [7, 11) is 5.95. The number of rotatable bonds is 52. The average molecular weight is 984 g/mol. The first-order chi connectivity index (χ1) is 34.1. The number of esters is 2. The number of hydrogen-bond donors (Lipinski definition) is 1. The maximum atomic E-state index is 12.8. The van der Waals surface area contributed by atoms with Crippen molar-refractivity contribution in [2.45, 2.75) is 251 Å². The Kier molecular flexibility index (Phi) is 49.6. The van der Waals surface area contributed by atoms with Gasteiger partial charge in [0, 0.05) is 12.8 Å². The number of ether oxygens (including phenoxy) is 4. The van der Waals surface area contributed by atoms with Gasteiger partial charge >= 0.3 is 17.9 Å². The zero-order chi connectivity index (χ0) is 51.3. The normalized spacial score (nSPS) is 13.3. The largest absolute Gasteiger partial charge is 0.477 e. The van der Waals surface area contributed by atoms with Crippen LogP contribution in [0.15, 0.2) is 72.9 Å². The van der Waals surface area contributed by atoms with Gasteiger partial charge in [-0.2, -0.15) is 0 Å². The predicted molar refractivity (Wildman–Crippen MR) is 295 cm³/mol. The van der Waals surface area contributed by atoms with E-state index in [1.807, 2.05) is 21.1 Å². The first kappa shape index (κ1) is 66.7. The molecule has 0 fully saturated rings. The summed E-state index contributed by atoms with van der Waals surface area (Å²) in [6.45, 7) is 4.73. The molecule has 0 heterocycles. The molecule has 0 bridgehead atoms. The fraction of sp³-hybridized carbons (Fsp3) is 0.754. The molecule has 0 amide bonds. The molecule has 70 heavy (non-hydrogen) atoms. The average Bonchev–Trinajstić information content (AvgIpc) is 3.33. The van der Waals surface area contributed by atoms with Gasteiger partial charge in [-0.25, -0.2) is 4.79 Å². The Morgan fingerprint density at radius 1 is 0.443 bits per heavy atom. The van der Waals surface area contributed by atoms with E-state index in [1.54, 1.807) is 0 Å². The minimum atomic E-state index is -1.52. The fourth-order valence-corrected chi connectivity index (χ4v) is 7.84. The second kappa shape index (κ2) is 52.1. The zero-order valence-corrected chi connectivity index (χ0v) is 45.9. The Balaban J connectivity index is 4.31. The molecule has 0 aliphatic rings. The van der Waals surface area contributed by atoms with E-state index in [9.17, 15) is 19.5 Å². The van der Waals surface area contributed by atoms with Crippen LogP contribution in [-0.4, -0.2) is 87.4 Å². The smallest absolute Gasteiger partial charge is 0.361 e. The lowest BCUT2D eigenvalue weighted by atomic mass is 10.0. The molecule has 0 aliphatic heterocycles. The van der Waals surface area contributed by atoms with Crippen LogP contribution in [0.25, 0.3) is 0 Å². The zero-order valence-electron chi connectivity index (χ0n) is 45.9. The van der Waals surface area contributed by atoms with Crippen molar-refractivity contribution in [1.29, 1.82) is 0 Å². The topological polar surface area (TPSA) is 108 Å². The highest BCUT2D eigenvalue weighted by atomic mass is 16.7. The van der Waals surface area contributed by atoms with Crippen molar-refractivity contribution in [3.63, 3.8) is 0 Å². The van der Waals surface area contributed by atoms with Crippen LogP contribution in [0.5, 0.6) is 0 Å². The summed E-state index contributed by atoms with van der Waals surface area (Å²) in [5.74, 6) is -2.06. The Bertz CT molecular complexity index is 1380. The molecule has 0 aromatic carbocycles. The van der Waals surface area contributed by atoms with E-state index in [0.717, 1.165) is 70.6 Å². The maximum Gasteiger partial charge on any atom is 0.361 e. The number of nitrogens with zero attached hydrogens (tertiary/aromatic N) is 1. The van der Waals surface area contributed by atoms with Gasteiger partial charge in [-0.15, -0.1) is 0 Å². The van der Waals surface area contributed by atoms with Crippen molar-refractivity contribution in [2.75, 3.05) is 47.5 Å². The number of quaternary nitrogens is 1. The SMILES string of the molecule is CC/C=C\C/C=C\C/C=C\C/C=C\C/C=C\C/C=C\CCCCC(=O)OC(COC(=O)CCCCCCCCCCCCCCCCCCCCCCCCCC)COC(OCC[N+](C)(C)C)C(=O)O. The van der Waals surface area contributed by atoms with Gasteiger partial charge in [-0.05, 0) is 64.2 Å². The monoisotopic (exact) mass is 983 g/mol. The van der Waals surface area contributed by atoms with Gasteiger partial charge in [0.25, 0.3) is 6.29 Å². The minimum Gasteiger partial charge on any atom is -0.477 e. The van der Waals surface area contributed by atoms with Crippen molar-refractivity contribution in [1.82, 2.24) is 0 Å². The number of unbranched alkanes of at least 4 members (excludes halogenated alkanes) is 25. The number of carbonyl (C=O) groups excluding carboxylic acids is 2. The van der Waals surface area contributed by atoms with Crippen LogP contribution in [0.4, 0.5) is 0 Å². The summed E-state index contributed by atoms with van der Waals surface area (Å²) in [5.41, 5.74) is 0. The number of hydrogen-bond acceptors (Lipinski definition) is 7. The molecule has 0 aromatic rings. The molecule has 0 aliphatic carbocycles. The molecule has 0 spiro atoms. The van der Waals surface area contributed by atoms with E-state index in [-0.39, 0.29) is 32.2 Å². The van der Waals surface area contributed by atoms with Crippen LogP contribution in [0, 0.1) is 0 Å². The second-order valence-electron chi connectivity index (χ2n) is 20.2. The lowest BCUT2D eigenvalue weighted by molar-refractivity contribution is -0.870. The lowest BCUT2D eigenvalue weighted by Gasteiger charge is -2.25. The van der Waals surface area contributed by atoms with Crippen molar-refractivity contribution in [3.05, 3.63) is 72.9 Å². The predicted octanol–water partition coefficient (Wildman–Crippen LogP) is 16.6. The highest BCUT2D eigenvalue weighted by molar-refractivity contribution is 5.71. The molecule has 0 radical (unpaired) electrons. The van der Waals surface area contributed by atoms with Gasteiger partial charge in [0.1, 0.15) is 13.2 Å². The summed E-state index contributed by atoms with van der Waals surface area (Å²) >= 11 is 0. The van der Waals surface area contributed by atoms with E-state index in [1.165, 1.54) is 135 Å². The minimum absolute atomic E-state index is 0.177. The molecular weight excluding hydrogens is 875 g/mol. The number of carboxylic acids is 1. The van der Waals surface area contributed by atoms with E-state index < -0.39 is 24.3 Å². The molecule has 0 saturated heterocycles. The maximum absolute atomic E-state index is 12.8. The summed E-state index contributed by atoms with van der Waals surface area (Å²) in [6, 6.07) is 0. The molecule has 9 nitrogen and oxygen atoms in total. The van der Waals surface area contributed by atoms with Gasteiger partial charge in [0.05, 0.1) is 34.4 Å². The lowest BCUT2D eigenvalue weighted by Crippen LogP contribution is -2.40. The van der Waals surface area contributed by atoms with E-state index in [2.05, 4.69) is 86.8 Å². The molecular formula is C61H108NO8+. The van der Waals surface area contributed by atoms with Crippen molar-refractivity contribution >= 4 is 17.9 Å². The number of carbonyl (C=O) groups is 3. The quantitative estimate of drug-likeness (QED) is 0.0211. The van der Waals surface area contributed by atoms with Gasteiger partial charge in [-0.1, -0.05) is 234 Å². The Morgan fingerprint density at radius 3 is 1.21 bits per heavy atom. The molecule has 1 N–H and O–H groups in total. The van der Waals surface area contributed by atoms with Crippen LogP contribution in [-0.2, 0) is 33.3 Å². The summed E-state index contributed by atoms with van der Waals surface area (Å²) in [6.07, 6.45) is 64.2. The third-order valence-corrected chi connectivity index (χ3v) is 12.2. The summed E-state index contributed by atoms with van der Waals surface area (Å²) < 4.78 is 22.8. The molecule has 2 atom stereocenters.